The fraction of sp³-hybridized carbons (Fsp3) is 0.333. The standard InChI is InChI=1S/C21H20ClF2N3O2/c22-17-11-16(5-6-18(17)24)27-20(28)12-19(21(27)29)26-9-7-15(8-10-26)25-14-3-1-13(23)2-4-14/h1-6,11,15,19,25H,7-10,12H2/t19-/m0/s1. The van der Waals surface area contributed by atoms with Crippen molar-refractivity contribution in [2.45, 2.75) is 31.3 Å². The van der Waals surface area contributed by atoms with Crippen LogP contribution in [0.15, 0.2) is 42.5 Å². The minimum atomic E-state index is -0.596. The molecule has 2 fully saturated rings. The fourth-order valence-corrected chi connectivity index (χ4v) is 4.11. The summed E-state index contributed by atoms with van der Waals surface area (Å²) in [4.78, 5) is 28.5. The number of halogens is 3. The average Bonchev–Trinajstić information content (AvgIpc) is 3.01. The summed E-state index contributed by atoms with van der Waals surface area (Å²) in [7, 11) is 0. The molecule has 1 N–H and O–H groups in total. The Hall–Kier alpha value is -2.51. The number of imide groups is 1. The maximum atomic E-state index is 13.4. The average molecular weight is 420 g/mol. The van der Waals surface area contributed by atoms with E-state index in [1.54, 1.807) is 12.1 Å². The maximum Gasteiger partial charge on any atom is 0.251 e. The number of hydrogen-bond donors (Lipinski definition) is 1. The van der Waals surface area contributed by atoms with Crippen LogP contribution in [0.25, 0.3) is 0 Å². The van der Waals surface area contributed by atoms with E-state index in [-0.39, 0.29) is 35.1 Å². The molecule has 2 heterocycles. The first-order chi connectivity index (χ1) is 13.9. The van der Waals surface area contributed by atoms with Crippen molar-refractivity contribution in [3.05, 3.63) is 59.1 Å². The molecule has 2 aromatic carbocycles. The van der Waals surface area contributed by atoms with Gasteiger partial charge in [0.05, 0.1) is 23.2 Å². The molecule has 2 aliphatic heterocycles. The van der Waals surface area contributed by atoms with Gasteiger partial charge >= 0.3 is 0 Å². The molecule has 5 nitrogen and oxygen atoms in total. The monoisotopic (exact) mass is 419 g/mol. The zero-order valence-corrected chi connectivity index (χ0v) is 16.3. The summed E-state index contributed by atoms with van der Waals surface area (Å²) in [5, 5.41) is 3.25. The first-order valence-corrected chi connectivity index (χ1v) is 9.88. The minimum absolute atomic E-state index is 0.101. The van der Waals surface area contributed by atoms with Crippen molar-refractivity contribution >= 4 is 34.8 Å². The Balaban J connectivity index is 1.38. The van der Waals surface area contributed by atoms with E-state index in [0.29, 0.717) is 18.8 Å². The predicted molar refractivity (Wildman–Crippen MR) is 107 cm³/mol. The largest absolute Gasteiger partial charge is 0.382 e. The van der Waals surface area contributed by atoms with Crippen LogP contribution in [-0.4, -0.2) is 41.9 Å². The van der Waals surface area contributed by atoms with Gasteiger partial charge < -0.3 is 5.32 Å². The number of likely N-dealkylation sites (tertiary alicyclic amines) is 1. The number of piperidine rings is 1. The summed E-state index contributed by atoms with van der Waals surface area (Å²) < 4.78 is 26.4. The van der Waals surface area contributed by atoms with Gasteiger partial charge in [-0.15, -0.1) is 0 Å². The number of amides is 2. The van der Waals surface area contributed by atoms with Gasteiger partial charge in [0.25, 0.3) is 5.91 Å². The van der Waals surface area contributed by atoms with Crippen LogP contribution in [0, 0.1) is 11.6 Å². The molecule has 0 bridgehead atoms. The lowest BCUT2D eigenvalue weighted by Gasteiger charge is -2.35. The zero-order valence-electron chi connectivity index (χ0n) is 15.6. The number of nitrogens with one attached hydrogen (secondary N) is 1. The Morgan fingerprint density at radius 1 is 1.00 bits per heavy atom. The lowest BCUT2D eigenvalue weighted by molar-refractivity contribution is -0.123. The minimum Gasteiger partial charge on any atom is -0.382 e. The number of nitrogens with zero attached hydrogens (tertiary/aromatic N) is 2. The molecule has 4 rings (SSSR count). The molecule has 2 aromatic rings. The molecule has 2 saturated heterocycles. The van der Waals surface area contributed by atoms with Gasteiger partial charge in [-0.25, -0.2) is 13.7 Å². The fourth-order valence-electron chi connectivity index (χ4n) is 3.93. The molecule has 0 unspecified atom stereocenters. The van der Waals surface area contributed by atoms with Gasteiger partial charge in [0.2, 0.25) is 5.91 Å². The Kier molecular flexibility index (Phi) is 5.52. The Morgan fingerprint density at radius 2 is 1.69 bits per heavy atom. The van der Waals surface area contributed by atoms with Crippen LogP contribution in [-0.2, 0) is 9.59 Å². The van der Waals surface area contributed by atoms with E-state index in [1.807, 2.05) is 4.90 Å². The normalized spacial score (nSPS) is 21.1. The van der Waals surface area contributed by atoms with Crippen molar-refractivity contribution in [2.75, 3.05) is 23.3 Å². The molecule has 1 atom stereocenters. The van der Waals surface area contributed by atoms with Crippen molar-refractivity contribution in [3.63, 3.8) is 0 Å². The Morgan fingerprint density at radius 3 is 2.34 bits per heavy atom. The highest BCUT2D eigenvalue weighted by Gasteiger charge is 2.43. The summed E-state index contributed by atoms with van der Waals surface area (Å²) >= 11 is 5.80. The number of rotatable bonds is 4. The van der Waals surface area contributed by atoms with Crippen molar-refractivity contribution in [2.24, 2.45) is 0 Å². The summed E-state index contributed by atoms with van der Waals surface area (Å²) in [6, 6.07) is 9.77. The lowest BCUT2D eigenvalue weighted by Crippen LogP contribution is -2.48. The van der Waals surface area contributed by atoms with Crippen LogP contribution in [0.1, 0.15) is 19.3 Å². The van der Waals surface area contributed by atoms with Gasteiger partial charge in [-0.3, -0.25) is 14.5 Å². The van der Waals surface area contributed by atoms with Gasteiger partial charge in [0.15, 0.2) is 0 Å². The van der Waals surface area contributed by atoms with E-state index >= 15 is 0 Å². The van der Waals surface area contributed by atoms with Crippen LogP contribution >= 0.6 is 11.6 Å². The number of carbonyl (C=O) groups is 2. The van der Waals surface area contributed by atoms with E-state index in [1.165, 1.54) is 24.3 Å². The molecule has 29 heavy (non-hydrogen) atoms. The van der Waals surface area contributed by atoms with E-state index in [4.69, 9.17) is 11.6 Å². The van der Waals surface area contributed by atoms with Crippen molar-refractivity contribution < 1.29 is 18.4 Å². The van der Waals surface area contributed by atoms with E-state index in [2.05, 4.69) is 5.32 Å². The smallest absolute Gasteiger partial charge is 0.251 e. The number of anilines is 2. The molecule has 0 aliphatic carbocycles. The van der Waals surface area contributed by atoms with Crippen molar-refractivity contribution in [3.8, 4) is 0 Å². The van der Waals surface area contributed by atoms with Gasteiger partial charge in [0.1, 0.15) is 11.6 Å². The predicted octanol–water partition coefficient (Wildman–Crippen LogP) is 3.83. The summed E-state index contributed by atoms with van der Waals surface area (Å²) in [5.74, 6) is -1.49. The van der Waals surface area contributed by atoms with Gasteiger partial charge in [0, 0.05) is 24.8 Å². The number of carbonyl (C=O) groups excluding carboxylic acids is 2. The third-order valence-electron chi connectivity index (χ3n) is 5.47. The third kappa shape index (κ3) is 4.11. The number of benzene rings is 2. The molecule has 0 spiro atoms. The summed E-state index contributed by atoms with van der Waals surface area (Å²) in [5.41, 5.74) is 1.15. The van der Waals surface area contributed by atoms with E-state index < -0.39 is 11.9 Å². The van der Waals surface area contributed by atoms with Gasteiger partial charge in [-0.05, 0) is 55.3 Å². The zero-order chi connectivity index (χ0) is 20.5. The van der Waals surface area contributed by atoms with E-state index in [0.717, 1.165) is 29.5 Å². The molecule has 0 saturated carbocycles. The Bertz CT molecular complexity index is 930. The van der Waals surface area contributed by atoms with Crippen LogP contribution < -0.4 is 10.2 Å². The molecule has 0 radical (unpaired) electrons. The number of hydrogen-bond acceptors (Lipinski definition) is 4. The first-order valence-electron chi connectivity index (χ1n) is 9.50. The second-order valence-electron chi connectivity index (χ2n) is 7.35. The SMILES string of the molecule is O=C1C[C@H](N2CCC(Nc3ccc(F)cc3)CC2)C(=O)N1c1ccc(F)c(Cl)c1. The second kappa shape index (κ2) is 8.08. The van der Waals surface area contributed by atoms with Crippen LogP contribution in [0.5, 0.6) is 0 Å². The highest BCUT2D eigenvalue weighted by Crippen LogP contribution is 2.30. The molecule has 152 valence electrons. The second-order valence-corrected chi connectivity index (χ2v) is 7.75. The van der Waals surface area contributed by atoms with Crippen molar-refractivity contribution in [1.82, 2.24) is 4.90 Å². The topological polar surface area (TPSA) is 52.7 Å². The molecule has 8 heteroatoms. The van der Waals surface area contributed by atoms with Gasteiger partial charge in [-0.2, -0.15) is 0 Å². The summed E-state index contributed by atoms with van der Waals surface area (Å²) in [6.45, 7) is 1.33. The van der Waals surface area contributed by atoms with Crippen LogP contribution in [0.3, 0.4) is 0 Å². The van der Waals surface area contributed by atoms with E-state index in [9.17, 15) is 18.4 Å². The first kappa shape index (κ1) is 19.8. The quantitative estimate of drug-likeness (QED) is 0.765. The lowest BCUT2D eigenvalue weighted by atomic mass is 10.0. The molecular formula is C21H20ClF2N3O2. The molecule has 2 amide bonds. The van der Waals surface area contributed by atoms with Gasteiger partial charge in [-0.1, -0.05) is 11.6 Å². The summed E-state index contributed by atoms with van der Waals surface area (Å²) in [6.07, 6.45) is 1.71. The molecule has 0 aromatic heterocycles. The highest BCUT2D eigenvalue weighted by atomic mass is 35.5. The molecule has 2 aliphatic rings. The van der Waals surface area contributed by atoms with Crippen LogP contribution in [0.2, 0.25) is 5.02 Å². The van der Waals surface area contributed by atoms with Crippen molar-refractivity contribution in [1.29, 1.82) is 0 Å². The van der Waals surface area contributed by atoms with Crippen LogP contribution in [0.4, 0.5) is 20.2 Å². The Labute approximate surface area is 172 Å². The molecular weight excluding hydrogens is 400 g/mol. The third-order valence-corrected chi connectivity index (χ3v) is 5.76. The maximum absolute atomic E-state index is 13.4. The highest BCUT2D eigenvalue weighted by molar-refractivity contribution is 6.31.